The lowest BCUT2D eigenvalue weighted by molar-refractivity contribution is 0.0864. The van der Waals surface area contributed by atoms with E-state index in [2.05, 4.69) is 31.0 Å². The van der Waals surface area contributed by atoms with Gasteiger partial charge in [-0.3, -0.25) is 4.90 Å². The third kappa shape index (κ3) is 9.46. The van der Waals surface area contributed by atoms with Crippen molar-refractivity contribution in [2.24, 2.45) is 0 Å². The van der Waals surface area contributed by atoms with E-state index in [1.807, 2.05) is 0 Å². The number of ether oxygens (including phenoxy) is 2. The Morgan fingerprint density at radius 1 is 0.952 bits per heavy atom. The molecule has 0 saturated carbocycles. The van der Waals surface area contributed by atoms with Crippen LogP contribution in [0, 0.1) is 0 Å². The molecule has 21 heavy (non-hydrogen) atoms. The van der Waals surface area contributed by atoms with E-state index in [1.165, 1.54) is 25.7 Å². The van der Waals surface area contributed by atoms with E-state index in [1.54, 1.807) is 14.2 Å². The van der Waals surface area contributed by atoms with Crippen molar-refractivity contribution in [3.8, 4) is 0 Å². The molecule has 0 radical (unpaired) electrons. The first-order valence-corrected chi connectivity index (χ1v) is 8.70. The molecule has 0 aliphatic carbocycles. The fourth-order valence-electron chi connectivity index (χ4n) is 2.93. The SMILES string of the molecule is CCCNC(CCC)C(CC)N(CCCOC)CCOC. The molecule has 0 aromatic heterocycles. The van der Waals surface area contributed by atoms with Crippen LogP contribution in [0.15, 0.2) is 0 Å². The van der Waals surface area contributed by atoms with Crippen molar-refractivity contribution in [1.82, 2.24) is 10.2 Å². The number of rotatable bonds is 15. The van der Waals surface area contributed by atoms with E-state index in [4.69, 9.17) is 9.47 Å². The molecule has 0 spiro atoms. The Hall–Kier alpha value is -0.160. The van der Waals surface area contributed by atoms with Gasteiger partial charge in [-0.05, 0) is 32.2 Å². The molecule has 0 saturated heterocycles. The summed E-state index contributed by atoms with van der Waals surface area (Å²) < 4.78 is 10.5. The van der Waals surface area contributed by atoms with E-state index in [-0.39, 0.29) is 0 Å². The van der Waals surface area contributed by atoms with Crippen molar-refractivity contribution < 1.29 is 9.47 Å². The van der Waals surface area contributed by atoms with Gasteiger partial charge in [-0.15, -0.1) is 0 Å². The van der Waals surface area contributed by atoms with Crippen molar-refractivity contribution in [3.05, 3.63) is 0 Å². The first-order chi connectivity index (χ1) is 10.2. The summed E-state index contributed by atoms with van der Waals surface area (Å²) in [5, 5.41) is 3.75. The lowest BCUT2D eigenvalue weighted by Gasteiger charge is -2.37. The fraction of sp³-hybridized carbons (Fsp3) is 1.00. The van der Waals surface area contributed by atoms with Crippen molar-refractivity contribution in [2.45, 2.75) is 65.0 Å². The molecular formula is C17H38N2O2. The van der Waals surface area contributed by atoms with Crippen LogP contribution in [0.1, 0.15) is 52.9 Å². The average Bonchev–Trinajstić information content (AvgIpc) is 2.50. The molecule has 0 amide bonds. The third-order valence-corrected chi connectivity index (χ3v) is 3.98. The minimum atomic E-state index is 0.583. The molecule has 1 N–H and O–H groups in total. The molecule has 0 fully saturated rings. The Balaban J connectivity index is 4.68. The Bertz CT molecular complexity index is 215. The second-order valence-corrected chi connectivity index (χ2v) is 5.70. The van der Waals surface area contributed by atoms with E-state index in [0.29, 0.717) is 12.1 Å². The van der Waals surface area contributed by atoms with E-state index < -0.39 is 0 Å². The van der Waals surface area contributed by atoms with E-state index >= 15 is 0 Å². The van der Waals surface area contributed by atoms with Gasteiger partial charge in [-0.25, -0.2) is 0 Å². The maximum absolute atomic E-state index is 5.30. The van der Waals surface area contributed by atoms with Crippen molar-refractivity contribution >= 4 is 0 Å². The van der Waals surface area contributed by atoms with Crippen LogP contribution in [0.25, 0.3) is 0 Å². The summed E-state index contributed by atoms with van der Waals surface area (Å²) in [4.78, 5) is 2.59. The zero-order chi connectivity index (χ0) is 15.9. The van der Waals surface area contributed by atoms with E-state index in [9.17, 15) is 0 Å². The normalized spacial score (nSPS) is 14.6. The number of nitrogens with zero attached hydrogens (tertiary/aromatic N) is 1. The summed E-state index contributed by atoms with van der Waals surface area (Å²) in [6.45, 7) is 11.7. The quantitative estimate of drug-likeness (QED) is 0.472. The molecule has 0 aliphatic rings. The smallest absolute Gasteiger partial charge is 0.0589 e. The molecule has 2 atom stereocenters. The van der Waals surface area contributed by atoms with Crippen molar-refractivity contribution in [1.29, 1.82) is 0 Å². The largest absolute Gasteiger partial charge is 0.385 e. The molecule has 4 heteroatoms. The van der Waals surface area contributed by atoms with Crippen LogP contribution in [0.3, 0.4) is 0 Å². The van der Waals surface area contributed by atoms with Crippen LogP contribution in [-0.2, 0) is 9.47 Å². The maximum Gasteiger partial charge on any atom is 0.0589 e. The summed E-state index contributed by atoms with van der Waals surface area (Å²) in [5.74, 6) is 0. The Labute approximate surface area is 132 Å². The van der Waals surface area contributed by atoms with Crippen LogP contribution >= 0.6 is 0 Å². The highest BCUT2D eigenvalue weighted by Gasteiger charge is 2.24. The van der Waals surface area contributed by atoms with Gasteiger partial charge in [0.1, 0.15) is 0 Å². The minimum absolute atomic E-state index is 0.583. The monoisotopic (exact) mass is 302 g/mol. The Kier molecular flexibility index (Phi) is 14.7. The standard InChI is InChI=1S/C17H38N2O2/c1-6-10-16(18-11-7-2)17(8-3)19(13-15-21-5)12-9-14-20-4/h16-18H,6-15H2,1-5H3. The topological polar surface area (TPSA) is 33.7 Å². The summed E-state index contributed by atoms with van der Waals surface area (Å²) in [5.41, 5.74) is 0. The fourth-order valence-corrected chi connectivity index (χ4v) is 2.93. The maximum atomic E-state index is 5.30. The lowest BCUT2D eigenvalue weighted by atomic mass is 9.98. The molecule has 0 bridgehead atoms. The van der Waals surface area contributed by atoms with Crippen LogP contribution in [0.4, 0.5) is 0 Å². The van der Waals surface area contributed by atoms with Gasteiger partial charge in [-0.1, -0.05) is 27.2 Å². The van der Waals surface area contributed by atoms with Crippen molar-refractivity contribution in [3.63, 3.8) is 0 Å². The van der Waals surface area contributed by atoms with E-state index in [0.717, 1.165) is 39.3 Å². The van der Waals surface area contributed by atoms with Crippen LogP contribution in [-0.4, -0.2) is 64.1 Å². The number of methoxy groups -OCH3 is 2. The van der Waals surface area contributed by atoms with Crippen LogP contribution in [0.5, 0.6) is 0 Å². The van der Waals surface area contributed by atoms with Crippen LogP contribution < -0.4 is 5.32 Å². The Morgan fingerprint density at radius 3 is 2.19 bits per heavy atom. The Morgan fingerprint density at radius 2 is 1.67 bits per heavy atom. The summed E-state index contributed by atoms with van der Waals surface area (Å²) >= 11 is 0. The number of nitrogens with one attached hydrogen (secondary N) is 1. The molecule has 0 heterocycles. The van der Waals surface area contributed by atoms with Gasteiger partial charge >= 0.3 is 0 Å². The van der Waals surface area contributed by atoms with Gasteiger partial charge in [0.2, 0.25) is 0 Å². The zero-order valence-electron chi connectivity index (χ0n) is 15.0. The second kappa shape index (κ2) is 14.8. The van der Waals surface area contributed by atoms with Gasteiger partial charge < -0.3 is 14.8 Å². The molecule has 128 valence electrons. The molecule has 2 unspecified atom stereocenters. The summed E-state index contributed by atoms with van der Waals surface area (Å²) in [6, 6.07) is 1.17. The van der Waals surface area contributed by atoms with Gasteiger partial charge in [0, 0.05) is 46.0 Å². The number of hydrogen-bond acceptors (Lipinski definition) is 4. The van der Waals surface area contributed by atoms with Gasteiger partial charge in [0.05, 0.1) is 6.61 Å². The highest BCUT2D eigenvalue weighted by molar-refractivity contribution is 4.83. The second-order valence-electron chi connectivity index (χ2n) is 5.70. The summed E-state index contributed by atoms with van der Waals surface area (Å²) in [6.07, 6.45) is 5.93. The molecule has 4 nitrogen and oxygen atoms in total. The highest BCUT2D eigenvalue weighted by Crippen LogP contribution is 2.14. The third-order valence-electron chi connectivity index (χ3n) is 3.98. The number of hydrogen-bond donors (Lipinski definition) is 1. The zero-order valence-corrected chi connectivity index (χ0v) is 15.0. The molecular weight excluding hydrogens is 264 g/mol. The van der Waals surface area contributed by atoms with Crippen molar-refractivity contribution in [2.75, 3.05) is 47.1 Å². The minimum Gasteiger partial charge on any atom is -0.385 e. The van der Waals surface area contributed by atoms with Gasteiger partial charge in [0.15, 0.2) is 0 Å². The lowest BCUT2D eigenvalue weighted by Crippen LogP contribution is -2.51. The highest BCUT2D eigenvalue weighted by atomic mass is 16.5. The first-order valence-electron chi connectivity index (χ1n) is 8.70. The van der Waals surface area contributed by atoms with Crippen LogP contribution in [0.2, 0.25) is 0 Å². The van der Waals surface area contributed by atoms with Gasteiger partial charge in [-0.2, -0.15) is 0 Å². The average molecular weight is 303 g/mol. The van der Waals surface area contributed by atoms with Gasteiger partial charge in [0.25, 0.3) is 0 Å². The molecule has 0 aromatic rings. The molecule has 0 aliphatic heterocycles. The summed E-state index contributed by atoms with van der Waals surface area (Å²) in [7, 11) is 3.56. The predicted molar refractivity (Wildman–Crippen MR) is 91.0 cm³/mol. The first kappa shape index (κ1) is 20.8. The molecule has 0 rings (SSSR count). The predicted octanol–water partition coefficient (Wildman–Crippen LogP) is 2.92. The molecule has 0 aromatic carbocycles.